The summed E-state index contributed by atoms with van der Waals surface area (Å²) >= 11 is 3.51. The number of halogens is 1. The summed E-state index contributed by atoms with van der Waals surface area (Å²) < 4.78 is 6.82. The number of nitrogens with zero attached hydrogens (tertiary/aromatic N) is 3. The van der Waals surface area contributed by atoms with Crippen molar-refractivity contribution in [1.82, 2.24) is 15.1 Å². The van der Waals surface area contributed by atoms with Crippen molar-refractivity contribution in [3.63, 3.8) is 0 Å². The summed E-state index contributed by atoms with van der Waals surface area (Å²) in [4.78, 5) is 2.23. The predicted molar refractivity (Wildman–Crippen MR) is 82.7 cm³/mol. The van der Waals surface area contributed by atoms with Gasteiger partial charge in [0, 0.05) is 23.1 Å². The third kappa shape index (κ3) is 3.33. The van der Waals surface area contributed by atoms with Crippen molar-refractivity contribution in [3.05, 3.63) is 34.1 Å². The fraction of sp³-hybridized carbons (Fsp3) is 0.467. The van der Waals surface area contributed by atoms with Gasteiger partial charge in [0.05, 0.1) is 12.6 Å². The molecule has 1 saturated heterocycles. The van der Waals surface area contributed by atoms with Crippen LogP contribution in [0.15, 0.2) is 27.1 Å². The Kier molecular flexibility index (Phi) is 4.37. The van der Waals surface area contributed by atoms with Crippen molar-refractivity contribution in [1.29, 1.82) is 0 Å². The van der Waals surface area contributed by atoms with Gasteiger partial charge in [0.2, 0.25) is 11.8 Å². The van der Waals surface area contributed by atoms with Gasteiger partial charge in [0.1, 0.15) is 0 Å². The van der Waals surface area contributed by atoms with E-state index in [1.807, 2.05) is 25.1 Å². The Morgan fingerprint density at radius 2 is 2.10 bits per heavy atom. The van der Waals surface area contributed by atoms with E-state index in [1.165, 1.54) is 0 Å². The van der Waals surface area contributed by atoms with Crippen LogP contribution >= 0.6 is 15.9 Å². The minimum atomic E-state index is -0.163. The highest BCUT2D eigenvalue weighted by atomic mass is 79.9. The van der Waals surface area contributed by atoms with Gasteiger partial charge in [-0.2, -0.15) is 0 Å². The first-order chi connectivity index (χ1) is 10.1. The van der Waals surface area contributed by atoms with E-state index < -0.39 is 0 Å². The van der Waals surface area contributed by atoms with Crippen LogP contribution in [0.1, 0.15) is 24.3 Å². The molecule has 0 bridgehead atoms. The topological polar surface area (TPSA) is 62.4 Å². The van der Waals surface area contributed by atoms with Crippen LogP contribution in [0.4, 0.5) is 0 Å². The maximum atomic E-state index is 9.52. The van der Waals surface area contributed by atoms with Gasteiger partial charge in [0.25, 0.3) is 0 Å². The van der Waals surface area contributed by atoms with Gasteiger partial charge in [0.15, 0.2) is 0 Å². The Hall–Kier alpha value is -1.24. The Balaban J connectivity index is 1.73. The molecule has 112 valence electrons. The number of aromatic nitrogens is 2. The molecule has 0 aliphatic carbocycles. The molecule has 2 aromatic rings. The van der Waals surface area contributed by atoms with E-state index in [0.717, 1.165) is 41.5 Å². The first-order valence-corrected chi connectivity index (χ1v) is 7.91. The third-order valence-corrected chi connectivity index (χ3v) is 4.74. The van der Waals surface area contributed by atoms with Gasteiger partial charge in [-0.3, -0.25) is 4.90 Å². The molecule has 5 nitrogen and oxygen atoms in total. The first kappa shape index (κ1) is 14.7. The van der Waals surface area contributed by atoms with Crippen LogP contribution in [-0.2, 0) is 6.54 Å². The summed E-state index contributed by atoms with van der Waals surface area (Å²) in [6.45, 7) is 4.41. The highest BCUT2D eigenvalue weighted by molar-refractivity contribution is 9.10. The Bertz CT molecular complexity index is 621. The zero-order chi connectivity index (χ0) is 14.8. The molecule has 6 heteroatoms. The fourth-order valence-electron chi connectivity index (χ4n) is 2.53. The summed E-state index contributed by atoms with van der Waals surface area (Å²) in [5, 5.41) is 17.8. The lowest BCUT2D eigenvalue weighted by molar-refractivity contribution is 0.0752. The summed E-state index contributed by atoms with van der Waals surface area (Å²) in [6, 6.07) is 5.94. The van der Waals surface area contributed by atoms with Crippen LogP contribution in [0, 0.1) is 6.92 Å². The normalized spacial score (nSPS) is 17.3. The number of rotatable bonds is 3. The van der Waals surface area contributed by atoms with Crippen molar-refractivity contribution in [2.75, 3.05) is 13.1 Å². The lowest BCUT2D eigenvalue weighted by Gasteiger charge is -2.27. The minimum absolute atomic E-state index is 0.163. The maximum absolute atomic E-state index is 9.52. The van der Waals surface area contributed by atoms with Crippen LogP contribution in [0.3, 0.4) is 0 Å². The molecular weight excluding hydrogens is 334 g/mol. The molecule has 0 amide bonds. The number of aliphatic hydroxyl groups is 1. The van der Waals surface area contributed by atoms with Gasteiger partial charge in [-0.05, 0) is 37.5 Å². The van der Waals surface area contributed by atoms with Crippen LogP contribution in [0.2, 0.25) is 0 Å². The molecule has 1 aliphatic heterocycles. The van der Waals surface area contributed by atoms with Gasteiger partial charge < -0.3 is 9.52 Å². The summed E-state index contributed by atoms with van der Waals surface area (Å²) in [5.74, 6) is 1.18. The van der Waals surface area contributed by atoms with Gasteiger partial charge in [-0.1, -0.05) is 22.0 Å². The molecule has 0 spiro atoms. The zero-order valence-corrected chi connectivity index (χ0v) is 13.5. The van der Waals surface area contributed by atoms with E-state index in [1.54, 1.807) is 0 Å². The van der Waals surface area contributed by atoms with Gasteiger partial charge in [-0.25, -0.2) is 0 Å². The molecule has 1 fully saturated rings. The molecule has 1 aliphatic rings. The first-order valence-electron chi connectivity index (χ1n) is 7.12. The van der Waals surface area contributed by atoms with E-state index in [0.29, 0.717) is 18.3 Å². The highest BCUT2D eigenvalue weighted by Gasteiger charge is 2.19. The van der Waals surface area contributed by atoms with Gasteiger partial charge >= 0.3 is 0 Å². The number of piperidine rings is 1. The summed E-state index contributed by atoms with van der Waals surface area (Å²) in [5.41, 5.74) is 2.05. The molecule has 0 unspecified atom stereocenters. The van der Waals surface area contributed by atoms with E-state index >= 15 is 0 Å². The van der Waals surface area contributed by atoms with E-state index in [9.17, 15) is 5.11 Å². The molecule has 21 heavy (non-hydrogen) atoms. The monoisotopic (exact) mass is 351 g/mol. The molecule has 3 rings (SSSR count). The predicted octanol–water partition coefficient (Wildman–Crippen LogP) is 2.76. The lowest BCUT2D eigenvalue weighted by atomic mass is 10.1. The van der Waals surface area contributed by atoms with E-state index in [-0.39, 0.29) is 6.10 Å². The van der Waals surface area contributed by atoms with Gasteiger partial charge in [-0.15, -0.1) is 10.2 Å². The van der Waals surface area contributed by atoms with Crippen molar-refractivity contribution in [2.45, 2.75) is 32.4 Å². The fourth-order valence-corrected chi connectivity index (χ4v) is 2.90. The summed E-state index contributed by atoms with van der Waals surface area (Å²) in [7, 11) is 0. The standard InChI is InChI=1S/C15H18BrN3O2/c1-10-12(3-2-4-13(10)16)15-18-17-14(21-15)9-19-7-5-11(20)6-8-19/h2-4,11,20H,5-9H2,1H3. The quantitative estimate of drug-likeness (QED) is 0.920. The molecule has 1 aromatic carbocycles. The summed E-state index contributed by atoms with van der Waals surface area (Å²) in [6.07, 6.45) is 1.46. The molecule has 1 N–H and O–H groups in total. The molecule has 2 heterocycles. The van der Waals surface area contributed by atoms with Crippen molar-refractivity contribution in [3.8, 4) is 11.5 Å². The van der Waals surface area contributed by atoms with Crippen molar-refractivity contribution in [2.24, 2.45) is 0 Å². The maximum Gasteiger partial charge on any atom is 0.248 e. The third-order valence-electron chi connectivity index (χ3n) is 3.88. The second-order valence-corrected chi connectivity index (χ2v) is 6.28. The van der Waals surface area contributed by atoms with E-state index in [4.69, 9.17) is 4.42 Å². The SMILES string of the molecule is Cc1c(Br)cccc1-c1nnc(CN2CCC(O)CC2)o1. The number of hydrogen-bond donors (Lipinski definition) is 1. The van der Waals surface area contributed by atoms with Crippen LogP contribution in [-0.4, -0.2) is 39.4 Å². The van der Waals surface area contributed by atoms with E-state index in [2.05, 4.69) is 31.0 Å². The second-order valence-electron chi connectivity index (χ2n) is 5.42. The minimum Gasteiger partial charge on any atom is -0.419 e. The second kappa shape index (κ2) is 6.25. The highest BCUT2D eigenvalue weighted by Crippen LogP contribution is 2.28. The number of hydrogen-bond acceptors (Lipinski definition) is 5. The van der Waals surface area contributed by atoms with Crippen LogP contribution in [0.5, 0.6) is 0 Å². The molecule has 1 aromatic heterocycles. The number of likely N-dealkylation sites (tertiary alicyclic amines) is 1. The zero-order valence-electron chi connectivity index (χ0n) is 11.9. The Morgan fingerprint density at radius 3 is 2.86 bits per heavy atom. The molecule has 0 atom stereocenters. The van der Waals surface area contributed by atoms with Crippen molar-refractivity contribution < 1.29 is 9.52 Å². The lowest BCUT2D eigenvalue weighted by Crippen LogP contribution is -2.35. The number of aliphatic hydroxyl groups excluding tert-OH is 1. The molecular formula is C15H18BrN3O2. The average molecular weight is 352 g/mol. The average Bonchev–Trinajstić information content (AvgIpc) is 2.93. The van der Waals surface area contributed by atoms with Crippen LogP contribution < -0.4 is 0 Å². The smallest absolute Gasteiger partial charge is 0.248 e. The Labute approximate surface area is 132 Å². The van der Waals surface area contributed by atoms with Crippen molar-refractivity contribution >= 4 is 15.9 Å². The molecule has 0 saturated carbocycles. The molecule has 0 radical (unpaired) electrons. The number of benzene rings is 1. The largest absolute Gasteiger partial charge is 0.419 e. The van der Waals surface area contributed by atoms with Crippen LogP contribution in [0.25, 0.3) is 11.5 Å². The Morgan fingerprint density at radius 1 is 1.33 bits per heavy atom.